The standard InChI is InChI=1S/C5H5N5O/c6-5-9-3-2(4(11)10-5)7-1-8-3/h1H,(H4,6,7,8,9,10,11)/i11+2. The van der Waals surface area contributed by atoms with Gasteiger partial charge in [0.1, 0.15) is 0 Å². The van der Waals surface area contributed by atoms with Crippen molar-refractivity contribution in [1.82, 2.24) is 19.9 Å². The molecule has 0 aliphatic carbocycles. The Morgan fingerprint density at radius 1 is 1.55 bits per heavy atom. The van der Waals surface area contributed by atoms with E-state index in [0.29, 0.717) is 11.2 Å². The van der Waals surface area contributed by atoms with Crippen LogP contribution in [0, 0.1) is 0 Å². The maximum atomic E-state index is 11.0. The quantitative estimate of drug-likeness (QED) is 0.432. The first-order chi connectivity index (χ1) is 5.27. The van der Waals surface area contributed by atoms with Crippen molar-refractivity contribution in [1.29, 1.82) is 0 Å². The van der Waals surface area contributed by atoms with E-state index < -0.39 is 0 Å². The Balaban J connectivity index is 3.02. The summed E-state index contributed by atoms with van der Waals surface area (Å²) in [5.74, 6) is 0.0783. The molecule has 0 aliphatic heterocycles. The molecule has 0 aliphatic rings. The molecular formula is C5H5N5O. The Hall–Kier alpha value is -1.85. The highest BCUT2D eigenvalue weighted by Gasteiger charge is 2.01. The molecular weight excluding hydrogens is 148 g/mol. The first-order valence-electron chi connectivity index (χ1n) is 2.96. The Morgan fingerprint density at radius 3 is 3.18 bits per heavy atom. The lowest BCUT2D eigenvalue weighted by molar-refractivity contribution is 1.17. The maximum Gasteiger partial charge on any atom is 0.278 e. The second-order valence-corrected chi connectivity index (χ2v) is 2.05. The van der Waals surface area contributed by atoms with Gasteiger partial charge in [-0.15, -0.1) is 0 Å². The van der Waals surface area contributed by atoms with E-state index in [1.54, 1.807) is 0 Å². The number of nitrogens with two attached hydrogens (primary N) is 1. The molecule has 2 aromatic heterocycles. The number of aromatic amines is 2. The molecule has 4 N–H and O–H groups in total. The van der Waals surface area contributed by atoms with Gasteiger partial charge in [-0.25, -0.2) is 4.98 Å². The van der Waals surface area contributed by atoms with E-state index in [-0.39, 0.29) is 11.5 Å². The molecule has 2 heterocycles. The van der Waals surface area contributed by atoms with Crippen LogP contribution >= 0.6 is 0 Å². The molecule has 0 bridgehead atoms. The zero-order valence-corrected chi connectivity index (χ0v) is 5.46. The van der Waals surface area contributed by atoms with Crippen LogP contribution in [-0.2, 0) is 0 Å². The van der Waals surface area contributed by atoms with E-state index >= 15 is 0 Å². The highest BCUT2D eigenvalue weighted by atomic mass is 18.1. The minimum atomic E-state index is -0.301. The van der Waals surface area contributed by atoms with Crippen LogP contribution in [0.4, 0.5) is 5.95 Å². The van der Waals surface area contributed by atoms with Crippen molar-refractivity contribution >= 4 is 17.1 Å². The second kappa shape index (κ2) is 1.82. The van der Waals surface area contributed by atoms with Gasteiger partial charge >= 0.3 is 0 Å². The molecule has 0 aromatic carbocycles. The predicted octanol–water partition coefficient (Wildman–Crippen LogP) is -0.772. The normalized spacial score (nSPS) is 10.5. The van der Waals surface area contributed by atoms with Crippen LogP contribution in [0.1, 0.15) is 0 Å². The summed E-state index contributed by atoms with van der Waals surface area (Å²) in [6.45, 7) is 0. The molecule has 56 valence electrons. The molecule has 0 spiro atoms. The van der Waals surface area contributed by atoms with Gasteiger partial charge < -0.3 is 10.7 Å². The van der Waals surface area contributed by atoms with Crippen molar-refractivity contribution in [3.63, 3.8) is 0 Å². The Kier molecular flexibility index (Phi) is 0.974. The topological polar surface area (TPSA) is 100 Å². The molecule has 6 heteroatoms. The van der Waals surface area contributed by atoms with E-state index in [2.05, 4.69) is 19.9 Å². The third-order valence-electron chi connectivity index (χ3n) is 1.31. The summed E-state index contributed by atoms with van der Waals surface area (Å²) in [7, 11) is 0. The lowest BCUT2D eigenvalue weighted by Gasteiger charge is -1.89. The number of nitrogens with zero attached hydrogens (tertiary/aromatic N) is 2. The summed E-state index contributed by atoms with van der Waals surface area (Å²) in [6.07, 6.45) is 1.40. The number of H-pyrrole nitrogens is 2. The van der Waals surface area contributed by atoms with Crippen molar-refractivity contribution < 1.29 is 0 Å². The van der Waals surface area contributed by atoms with Crippen LogP contribution in [0.25, 0.3) is 11.2 Å². The maximum absolute atomic E-state index is 11.0. The highest BCUT2D eigenvalue weighted by molar-refractivity contribution is 5.69. The van der Waals surface area contributed by atoms with Crippen LogP contribution in [0.5, 0.6) is 0 Å². The van der Waals surface area contributed by atoms with Gasteiger partial charge in [-0.1, -0.05) is 0 Å². The van der Waals surface area contributed by atoms with Gasteiger partial charge in [0.05, 0.1) is 6.33 Å². The molecule has 0 atom stereocenters. The summed E-state index contributed by atoms with van der Waals surface area (Å²) in [5, 5.41) is 0. The average Bonchev–Trinajstić information content (AvgIpc) is 2.34. The Morgan fingerprint density at radius 2 is 2.36 bits per heavy atom. The summed E-state index contributed by atoms with van der Waals surface area (Å²) in [5.41, 5.74) is 5.65. The number of aromatic nitrogens is 4. The monoisotopic (exact) mass is 153 g/mol. The number of anilines is 1. The third kappa shape index (κ3) is 0.759. The number of imidazole rings is 1. The number of hydrogen-bond acceptors (Lipinski definition) is 4. The summed E-state index contributed by atoms with van der Waals surface area (Å²) in [6, 6.07) is 0. The van der Waals surface area contributed by atoms with Crippen molar-refractivity contribution in [2.45, 2.75) is 0 Å². The fraction of sp³-hybridized carbons (Fsp3) is 0. The molecule has 0 fully saturated rings. The van der Waals surface area contributed by atoms with Gasteiger partial charge in [-0.2, -0.15) is 4.98 Å². The first-order valence-corrected chi connectivity index (χ1v) is 2.96. The van der Waals surface area contributed by atoms with Crippen LogP contribution in [0.15, 0.2) is 11.1 Å². The zero-order valence-electron chi connectivity index (χ0n) is 5.46. The van der Waals surface area contributed by atoms with Gasteiger partial charge in [-0.05, 0) is 0 Å². The molecule has 6 nitrogen and oxygen atoms in total. The molecule has 2 aromatic rings. The average molecular weight is 153 g/mol. The molecule has 0 amide bonds. The van der Waals surface area contributed by atoms with Crippen LogP contribution in [-0.4, -0.2) is 19.9 Å². The zero-order chi connectivity index (χ0) is 7.84. The van der Waals surface area contributed by atoms with E-state index in [0.717, 1.165) is 0 Å². The van der Waals surface area contributed by atoms with Crippen molar-refractivity contribution in [3.8, 4) is 0 Å². The van der Waals surface area contributed by atoms with E-state index in [9.17, 15) is 4.79 Å². The Labute approximate surface area is 60.5 Å². The van der Waals surface area contributed by atoms with Crippen molar-refractivity contribution in [3.05, 3.63) is 16.7 Å². The molecule has 0 saturated carbocycles. The van der Waals surface area contributed by atoms with Crippen LogP contribution < -0.4 is 11.3 Å². The van der Waals surface area contributed by atoms with Gasteiger partial charge in [0.2, 0.25) is 5.95 Å². The third-order valence-corrected chi connectivity index (χ3v) is 1.31. The lowest BCUT2D eigenvalue weighted by atomic mass is 10.5. The highest BCUT2D eigenvalue weighted by Crippen LogP contribution is 1.98. The fourth-order valence-electron chi connectivity index (χ4n) is 0.860. The molecule has 0 radical (unpaired) electrons. The van der Waals surface area contributed by atoms with Crippen LogP contribution in [0.2, 0.25) is 0 Å². The number of hydrogen-bond donors (Lipinski definition) is 3. The number of nitrogen functional groups attached to an aromatic ring is 1. The fourth-order valence-corrected chi connectivity index (χ4v) is 0.860. The van der Waals surface area contributed by atoms with E-state index in [4.69, 9.17) is 5.73 Å². The van der Waals surface area contributed by atoms with Crippen molar-refractivity contribution in [2.75, 3.05) is 5.73 Å². The lowest BCUT2D eigenvalue weighted by Crippen LogP contribution is -2.10. The van der Waals surface area contributed by atoms with Gasteiger partial charge in [0.25, 0.3) is 5.56 Å². The molecule has 0 unspecified atom stereocenters. The predicted molar refractivity (Wildman–Crippen MR) is 38.9 cm³/mol. The largest absolute Gasteiger partial charge is 0.369 e. The Bertz CT molecular complexity index is 441. The van der Waals surface area contributed by atoms with Gasteiger partial charge in [-0.3, -0.25) is 9.78 Å². The summed E-state index contributed by atoms with van der Waals surface area (Å²) >= 11 is 0. The minimum absolute atomic E-state index is 0.0783. The summed E-state index contributed by atoms with van der Waals surface area (Å²) in [4.78, 5) is 23.5. The minimum Gasteiger partial charge on any atom is -0.369 e. The van der Waals surface area contributed by atoms with Gasteiger partial charge in [0.15, 0.2) is 11.2 Å². The number of nitrogens with one attached hydrogen (secondary N) is 2. The molecule has 0 saturated heterocycles. The van der Waals surface area contributed by atoms with E-state index in [1.807, 2.05) is 0 Å². The number of fused-ring (bicyclic) bond motifs is 1. The molecule has 11 heavy (non-hydrogen) atoms. The van der Waals surface area contributed by atoms with Crippen molar-refractivity contribution in [2.24, 2.45) is 0 Å². The number of rotatable bonds is 0. The SMILES string of the molecule is Nc1nc2nc[nH]c2c(=[18O])[nH]1. The first kappa shape index (κ1) is 5.90. The van der Waals surface area contributed by atoms with Crippen LogP contribution in [0.3, 0.4) is 0 Å². The summed E-state index contributed by atoms with van der Waals surface area (Å²) < 4.78 is 0. The van der Waals surface area contributed by atoms with Gasteiger partial charge in [0, 0.05) is 0 Å². The molecule has 2 rings (SSSR count). The second-order valence-electron chi connectivity index (χ2n) is 2.05. The smallest absolute Gasteiger partial charge is 0.278 e. The van der Waals surface area contributed by atoms with E-state index in [1.165, 1.54) is 6.33 Å².